The Hall–Kier alpha value is -2.88. The first-order valence-electron chi connectivity index (χ1n) is 8.52. The van der Waals surface area contributed by atoms with Crippen LogP contribution in [0.4, 0.5) is 0 Å². The van der Waals surface area contributed by atoms with Gasteiger partial charge in [0.25, 0.3) is 5.91 Å². The number of rotatable bonds is 5. The lowest BCUT2D eigenvalue weighted by atomic mass is 10.0. The minimum absolute atomic E-state index is 0.0460. The molecule has 0 bridgehead atoms. The summed E-state index contributed by atoms with van der Waals surface area (Å²) in [4.78, 5) is 26.1. The zero-order valence-corrected chi connectivity index (χ0v) is 14.4. The highest BCUT2D eigenvalue weighted by Gasteiger charge is 2.32. The molecule has 0 radical (unpaired) electrons. The highest BCUT2D eigenvalue weighted by molar-refractivity contribution is 5.95. The van der Waals surface area contributed by atoms with Crippen LogP contribution in [0.2, 0.25) is 0 Å². The molecule has 1 aliphatic rings. The van der Waals surface area contributed by atoms with Gasteiger partial charge in [0.1, 0.15) is 0 Å². The van der Waals surface area contributed by atoms with E-state index < -0.39 is 0 Å². The number of nitrogens with one attached hydrogen (secondary N) is 1. The predicted molar refractivity (Wildman–Crippen MR) is 97.8 cm³/mol. The summed E-state index contributed by atoms with van der Waals surface area (Å²) >= 11 is 0. The zero-order chi connectivity index (χ0) is 17.8. The van der Waals surface area contributed by atoms with Gasteiger partial charge >= 0.3 is 0 Å². The van der Waals surface area contributed by atoms with Crippen molar-refractivity contribution in [3.63, 3.8) is 0 Å². The standard InChI is InChI=1S/C21H22N2O2/c1-3-19-18-8-6-5-7-17(18)14-23(19)21(25)16-11-9-15(10-12-16)13-22-20(24)4-2/h4-12,19H,2-3,13-14H2,1H3,(H,22,24). The van der Waals surface area contributed by atoms with Crippen LogP contribution in [0.1, 0.15) is 46.4 Å². The van der Waals surface area contributed by atoms with Crippen LogP contribution in [0.25, 0.3) is 0 Å². The molecule has 25 heavy (non-hydrogen) atoms. The second kappa shape index (κ2) is 7.34. The average molecular weight is 334 g/mol. The van der Waals surface area contributed by atoms with Crippen molar-refractivity contribution >= 4 is 11.8 Å². The van der Waals surface area contributed by atoms with Gasteiger partial charge < -0.3 is 10.2 Å². The number of benzene rings is 2. The smallest absolute Gasteiger partial charge is 0.254 e. The summed E-state index contributed by atoms with van der Waals surface area (Å²) < 4.78 is 0. The molecule has 0 spiro atoms. The molecule has 1 unspecified atom stereocenters. The maximum Gasteiger partial charge on any atom is 0.254 e. The molecule has 1 heterocycles. The molecule has 4 heteroatoms. The molecule has 3 rings (SSSR count). The molecule has 0 saturated heterocycles. The van der Waals surface area contributed by atoms with E-state index in [9.17, 15) is 9.59 Å². The lowest BCUT2D eigenvalue weighted by molar-refractivity contribution is -0.116. The van der Waals surface area contributed by atoms with E-state index in [1.807, 2.05) is 41.3 Å². The van der Waals surface area contributed by atoms with Gasteiger partial charge in [0.15, 0.2) is 0 Å². The monoisotopic (exact) mass is 334 g/mol. The van der Waals surface area contributed by atoms with E-state index in [1.54, 1.807) is 0 Å². The average Bonchev–Trinajstić information content (AvgIpc) is 3.04. The molecule has 1 N–H and O–H groups in total. The van der Waals surface area contributed by atoms with Crippen LogP contribution >= 0.6 is 0 Å². The van der Waals surface area contributed by atoms with Crippen LogP contribution in [0.5, 0.6) is 0 Å². The Morgan fingerprint density at radius 1 is 1.20 bits per heavy atom. The van der Waals surface area contributed by atoms with E-state index in [4.69, 9.17) is 0 Å². The summed E-state index contributed by atoms with van der Waals surface area (Å²) in [5, 5.41) is 2.73. The van der Waals surface area contributed by atoms with Gasteiger partial charge in [-0.2, -0.15) is 0 Å². The third-order valence-corrected chi connectivity index (χ3v) is 4.63. The summed E-state index contributed by atoms with van der Waals surface area (Å²) in [5.41, 5.74) is 4.10. The third kappa shape index (κ3) is 3.48. The fourth-order valence-electron chi connectivity index (χ4n) is 3.31. The summed E-state index contributed by atoms with van der Waals surface area (Å²) in [6.45, 7) is 6.61. The number of amides is 2. The molecule has 0 aliphatic carbocycles. The molecule has 128 valence electrons. The largest absolute Gasteiger partial charge is 0.348 e. The van der Waals surface area contributed by atoms with Gasteiger partial charge in [-0.05, 0) is 41.3 Å². The third-order valence-electron chi connectivity index (χ3n) is 4.63. The van der Waals surface area contributed by atoms with Crippen molar-refractivity contribution in [2.45, 2.75) is 32.5 Å². The molecule has 0 fully saturated rings. The Labute approximate surface area is 148 Å². The predicted octanol–water partition coefficient (Wildman–Crippen LogP) is 3.60. The van der Waals surface area contributed by atoms with Gasteiger partial charge in [0, 0.05) is 18.7 Å². The molecule has 1 aliphatic heterocycles. The highest BCUT2D eigenvalue weighted by Crippen LogP contribution is 2.36. The maximum atomic E-state index is 13.0. The first-order chi connectivity index (χ1) is 12.1. The quantitative estimate of drug-likeness (QED) is 0.850. The van der Waals surface area contributed by atoms with Gasteiger partial charge in [-0.1, -0.05) is 49.9 Å². The summed E-state index contributed by atoms with van der Waals surface area (Å²) in [6, 6.07) is 15.8. The maximum absolute atomic E-state index is 13.0. The second-order valence-corrected chi connectivity index (χ2v) is 6.17. The molecular weight excluding hydrogens is 312 g/mol. The zero-order valence-electron chi connectivity index (χ0n) is 14.4. The molecule has 2 aromatic carbocycles. The van der Waals surface area contributed by atoms with Gasteiger partial charge in [0.05, 0.1) is 6.04 Å². The topological polar surface area (TPSA) is 49.4 Å². The van der Waals surface area contributed by atoms with Crippen LogP contribution in [0.3, 0.4) is 0 Å². The van der Waals surface area contributed by atoms with Crippen molar-refractivity contribution in [3.05, 3.63) is 83.4 Å². The SMILES string of the molecule is C=CC(=O)NCc1ccc(C(=O)N2Cc3ccccc3C2CC)cc1. The number of fused-ring (bicyclic) bond motifs is 1. The van der Waals surface area contributed by atoms with Crippen molar-refractivity contribution in [3.8, 4) is 0 Å². The van der Waals surface area contributed by atoms with Gasteiger partial charge in [0.2, 0.25) is 5.91 Å². The fourth-order valence-corrected chi connectivity index (χ4v) is 3.31. The number of hydrogen-bond donors (Lipinski definition) is 1. The number of nitrogens with zero attached hydrogens (tertiary/aromatic N) is 1. The second-order valence-electron chi connectivity index (χ2n) is 6.17. The molecule has 2 aromatic rings. The molecular formula is C21H22N2O2. The lowest BCUT2D eigenvalue weighted by Gasteiger charge is -2.24. The number of hydrogen-bond acceptors (Lipinski definition) is 2. The lowest BCUT2D eigenvalue weighted by Crippen LogP contribution is -2.29. The fraction of sp³-hybridized carbons (Fsp3) is 0.238. The van der Waals surface area contributed by atoms with Gasteiger partial charge in [-0.3, -0.25) is 9.59 Å². The molecule has 4 nitrogen and oxygen atoms in total. The Morgan fingerprint density at radius 3 is 2.60 bits per heavy atom. The van der Waals surface area contributed by atoms with E-state index in [2.05, 4.69) is 31.0 Å². The van der Waals surface area contributed by atoms with E-state index in [1.165, 1.54) is 17.2 Å². The summed E-state index contributed by atoms with van der Waals surface area (Å²) in [7, 11) is 0. The molecule has 2 amide bonds. The summed E-state index contributed by atoms with van der Waals surface area (Å²) in [6.07, 6.45) is 2.14. The number of carbonyl (C=O) groups excluding carboxylic acids is 2. The molecule has 0 saturated carbocycles. The van der Waals surface area contributed by atoms with Crippen molar-refractivity contribution < 1.29 is 9.59 Å². The van der Waals surface area contributed by atoms with Crippen LogP contribution < -0.4 is 5.32 Å². The normalized spacial score (nSPS) is 15.6. The minimum Gasteiger partial charge on any atom is -0.348 e. The van der Waals surface area contributed by atoms with Gasteiger partial charge in [-0.25, -0.2) is 0 Å². The number of carbonyl (C=O) groups is 2. The van der Waals surface area contributed by atoms with Crippen LogP contribution in [0.15, 0.2) is 61.2 Å². The molecule has 1 atom stereocenters. The van der Waals surface area contributed by atoms with Crippen molar-refractivity contribution in [1.29, 1.82) is 0 Å². The van der Waals surface area contributed by atoms with Gasteiger partial charge in [-0.15, -0.1) is 0 Å². The van der Waals surface area contributed by atoms with Crippen molar-refractivity contribution in [1.82, 2.24) is 10.2 Å². The summed E-state index contributed by atoms with van der Waals surface area (Å²) in [5.74, 6) is -0.162. The van der Waals surface area contributed by atoms with Crippen molar-refractivity contribution in [2.75, 3.05) is 0 Å². The Balaban J connectivity index is 1.73. The Morgan fingerprint density at radius 2 is 1.92 bits per heavy atom. The first-order valence-corrected chi connectivity index (χ1v) is 8.52. The van der Waals surface area contributed by atoms with Crippen LogP contribution in [0, 0.1) is 0 Å². The van der Waals surface area contributed by atoms with Crippen LogP contribution in [-0.4, -0.2) is 16.7 Å². The minimum atomic E-state index is -0.208. The van der Waals surface area contributed by atoms with Crippen LogP contribution in [-0.2, 0) is 17.9 Å². The van der Waals surface area contributed by atoms with E-state index in [0.717, 1.165) is 12.0 Å². The highest BCUT2D eigenvalue weighted by atomic mass is 16.2. The van der Waals surface area contributed by atoms with E-state index in [-0.39, 0.29) is 17.9 Å². The molecule has 0 aromatic heterocycles. The Bertz CT molecular complexity index is 796. The first kappa shape index (κ1) is 17.0. The van der Waals surface area contributed by atoms with Crippen molar-refractivity contribution in [2.24, 2.45) is 0 Å². The Kier molecular flexibility index (Phi) is 4.98. The van der Waals surface area contributed by atoms with E-state index in [0.29, 0.717) is 18.7 Å². The van der Waals surface area contributed by atoms with E-state index >= 15 is 0 Å².